The van der Waals surface area contributed by atoms with Gasteiger partial charge in [-0.05, 0) is 31.5 Å². The fraction of sp³-hybridized carbons (Fsp3) is 0.385. The van der Waals surface area contributed by atoms with E-state index in [0.717, 1.165) is 6.42 Å². The Hall–Kier alpha value is -1.75. The molecule has 0 saturated heterocycles. The molecule has 0 heterocycles. The van der Waals surface area contributed by atoms with E-state index < -0.39 is 12.1 Å². The number of rotatable bonds is 5. The van der Waals surface area contributed by atoms with Gasteiger partial charge in [0, 0.05) is 6.54 Å². The van der Waals surface area contributed by atoms with Crippen LogP contribution in [0.4, 0.5) is 5.69 Å². The van der Waals surface area contributed by atoms with Crippen LogP contribution in [0.3, 0.4) is 0 Å². The number of esters is 1. The molecule has 1 amide bonds. The zero-order valence-electron chi connectivity index (χ0n) is 10.9. The molecule has 1 unspecified atom stereocenters. The Labute approximate surface area is 117 Å². The van der Waals surface area contributed by atoms with Crippen LogP contribution in [-0.4, -0.2) is 24.5 Å². The number of benzene rings is 1. The number of nitrogens with one attached hydrogen (secondary N) is 1. The predicted octanol–water partition coefficient (Wildman–Crippen LogP) is 1.99. The standard InChI is InChI=1S/C13H17ClN2O3/c1-3-6-16-12(17)8(2)19-13(18)9-4-5-10(14)11(15)7-9/h4-5,7-8H,3,6,15H2,1-2H3,(H,16,17). The summed E-state index contributed by atoms with van der Waals surface area (Å²) in [6, 6.07) is 4.42. The maximum absolute atomic E-state index is 11.8. The lowest BCUT2D eigenvalue weighted by Crippen LogP contribution is -2.36. The van der Waals surface area contributed by atoms with E-state index in [4.69, 9.17) is 22.1 Å². The van der Waals surface area contributed by atoms with Crippen LogP contribution in [0.1, 0.15) is 30.6 Å². The molecule has 1 aromatic carbocycles. The van der Waals surface area contributed by atoms with Gasteiger partial charge in [0.2, 0.25) is 0 Å². The van der Waals surface area contributed by atoms with Crippen molar-refractivity contribution in [2.24, 2.45) is 0 Å². The molecule has 1 atom stereocenters. The molecule has 0 spiro atoms. The minimum Gasteiger partial charge on any atom is -0.449 e. The predicted molar refractivity (Wildman–Crippen MR) is 74.0 cm³/mol. The topological polar surface area (TPSA) is 81.4 Å². The highest BCUT2D eigenvalue weighted by atomic mass is 35.5. The summed E-state index contributed by atoms with van der Waals surface area (Å²) in [7, 11) is 0. The Morgan fingerprint density at radius 3 is 2.74 bits per heavy atom. The van der Waals surface area contributed by atoms with Crippen molar-refractivity contribution in [3.05, 3.63) is 28.8 Å². The molecule has 3 N–H and O–H groups in total. The van der Waals surface area contributed by atoms with Crippen LogP contribution in [0.5, 0.6) is 0 Å². The monoisotopic (exact) mass is 284 g/mol. The van der Waals surface area contributed by atoms with E-state index in [0.29, 0.717) is 17.3 Å². The second kappa shape index (κ2) is 6.99. The summed E-state index contributed by atoms with van der Waals surface area (Å²) in [5.41, 5.74) is 6.15. The Balaban J connectivity index is 2.63. The number of carbonyl (C=O) groups is 2. The third-order valence-electron chi connectivity index (χ3n) is 2.43. The molecule has 104 valence electrons. The third-order valence-corrected chi connectivity index (χ3v) is 2.78. The number of carbonyl (C=O) groups excluding carboxylic acids is 2. The molecule has 6 heteroatoms. The quantitative estimate of drug-likeness (QED) is 0.640. The fourth-order valence-electron chi connectivity index (χ4n) is 1.34. The van der Waals surface area contributed by atoms with Gasteiger partial charge in [0.15, 0.2) is 6.10 Å². The van der Waals surface area contributed by atoms with Crippen molar-refractivity contribution >= 4 is 29.2 Å². The first kappa shape index (κ1) is 15.3. The van der Waals surface area contributed by atoms with Crippen LogP contribution in [0.15, 0.2) is 18.2 Å². The summed E-state index contributed by atoms with van der Waals surface area (Å²) in [6.45, 7) is 4.00. The molecule has 0 fully saturated rings. The molecule has 0 bridgehead atoms. The zero-order chi connectivity index (χ0) is 14.4. The van der Waals surface area contributed by atoms with Gasteiger partial charge in [0.05, 0.1) is 16.3 Å². The molecule has 0 aromatic heterocycles. The van der Waals surface area contributed by atoms with Gasteiger partial charge >= 0.3 is 5.97 Å². The molecule has 5 nitrogen and oxygen atoms in total. The summed E-state index contributed by atoms with van der Waals surface area (Å²) in [4.78, 5) is 23.4. The van der Waals surface area contributed by atoms with Gasteiger partial charge in [-0.25, -0.2) is 4.79 Å². The molecule has 0 saturated carbocycles. The second-order valence-corrected chi connectivity index (χ2v) is 4.48. The number of ether oxygens (including phenoxy) is 1. The Kier molecular flexibility index (Phi) is 5.63. The van der Waals surface area contributed by atoms with Crippen LogP contribution in [-0.2, 0) is 9.53 Å². The molecule has 0 radical (unpaired) electrons. The van der Waals surface area contributed by atoms with E-state index in [1.54, 1.807) is 0 Å². The maximum atomic E-state index is 11.8. The molecule has 1 aromatic rings. The van der Waals surface area contributed by atoms with Crippen molar-refractivity contribution in [3.8, 4) is 0 Å². The summed E-state index contributed by atoms with van der Waals surface area (Å²) >= 11 is 5.76. The lowest BCUT2D eigenvalue weighted by atomic mass is 10.2. The Morgan fingerprint density at radius 2 is 2.16 bits per heavy atom. The van der Waals surface area contributed by atoms with Crippen LogP contribution >= 0.6 is 11.6 Å². The molecule has 0 aliphatic rings. The van der Waals surface area contributed by atoms with E-state index >= 15 is 0 Å². The Morgan fingerprint density at radius 1 is 1.47 bits per heavy atom. The zero-order valence-corrected chi connectivity index (χ0v) is 11.7. The highest BCUT2D eigenvalue weighted by Gasteiger charge is 2.18. The first-order chi connectivity index (χ1) is 8.95. The van der Waals surface area contributed by atoms with Crippen LogP contribution in [0.2, 0.25) is 5.02 Å². The SMILES string of the molecule is CCCNC(=O)C(C)OC(=O)c1ccc(Cl)c(N)c1. The number of nitrogens with two attached hydrogens (primary N) is 1. The largest absolute Gasteiger partial charge is 0.449 e. The average Bonchev–Trinajstić information content (AvgIpc) is 2.38. The summed E-state index contributed by atoms with van der Waals surface area (Å²) < 4.78 is 5.04. The van der Waals surface area contributed by atoms with E-state index in [2.05, 4.69) is 5.32 Å². The molecule has 19 heavy (non-hydrogen) atoms. The third kappa shape index (κ3) is 4.44. The Bertz CT molecular complexity index is 477. The molecular weight excluding hydrogens is 268 g/mol. The van der Waals surface area contributed by atoms with Gasteiger partial charge in [-0.15, -0.1) is 0 Å². The summed E-state index contributed by atoms with van der Waals surface area (Å²) in [5.74, 6) is -0.931. The first-order valence-corrected chi connectivity index (χ1v) is 6.37. The lowest BCUT2D eigenvalue weighted by molar-refractivity contribution is -0.129. The highest BCUT2D eigenvalue weighted by Crippen LogP contribution is 2.20. The lowest BCUT2D eigenvalue weighted by Gasteiger charge is -2.13. The van der Waals surface area contributed by atoms with E-state index in [1.807, 2.05) is 6.92 Å². The van der Waals surface area contributed by atoms with Gasteiger partial charge in [-0.1, -0.05) is 18.5 Å². The average molecular weight is 285 g/mol. The molecule has 0 aliphatic carbocycles. The van der Waals surface area contributed by atoms with Crippen LogP contribution in [0, 0.1) is 0 Å². The van der Waals surface area contributed by atoms with Gasteiger partial charge in [-0.3, -0.25) is 4.79 Å². The van der Waals surface area contributed by atoms with E-state index in [-0.39, 0.29) is 11.5 Å². The second-order valence-electron chi connectivity index (χ2n) is 4.07. The first-order valence-electron chi connectivity index (χ1n) is 5.99. The van der Waals surface area contributed by atoms with Crippen molar-refractivity contribution in [2.75, 3.05) is 12.3 Å². The summed E-state index contributed by atoms with van der Waals surface area (Å²) in [5, 5.41) is 3.01. The minimum absolute atomic E-state index is 0.261. The molecular formula is C13H17ClN2O3. The van der Waals surface area contributed by atoms with Gasteiger partial charge in [0.1, 0.15) is 0 Å². The summed E-state index contributed by atoms with van der Waals surface area (Å²) in [6.07, 6.45) is -0.0314. The van der Waals surface area contributed by atoms with E-state index in [1.165, 1.54) is 25.1 Å². The minimum atomic E-state index is -0.851. The van der Waals surface area contributed by atoms with Crippen LogP contribution in [0.25, 0.3) is 0 Å². The number of halogens is 1. The normalized spacial score (nSPS) is 11.7. The number of hydrogen-bond donors (Lipinski definition) is 2. The van der Waals surface area contributed by atoms with Crippen molar-refractivity contribution < 1.29 is 14.3 Å². The van der Waals surface area contributed by atoms with Gasteiger partial charge in [0.25, 0.3) is 5.91 Å². The maximum Gasteiger partial charge on any atom is 0.338 e. The number of amides is 1. The molecule has 1 rings (SSSR count). The van der Waals surface area contributed by atoms with Crippen LogP contribution < -0.4 is 11.1 Å². The highest BCUT2D eigenvalue weighted by molar-refractivity contribution is 6.33. The van der Waals surface area contributed by atoms with Crippen molar-refractivity contribution in [1.82, 2.24) is 5.32 Å². The smallest absolute Gasteiger partial charge is 0.338 e. The number of nitrogen functional groups attached to an aromatic ring is 1. The van der Waals surface area contributed by atoms with Crippen molar-refractivity contribution in [1.29, 1.82) is 0 Å². The fourth-order valence-corrected chi connectivity index (χ4v) is 1.46. The van der Waals surface area contributed by atoms with Gasteiger partial charge < -0.3 is 15.8 Å². The number of hydrogen-bond acceptors (Lipinski definition) is 4. The molecule has 0 aliphatic heterocycles. The van der Waals surface area contributed by atoms with Crippen molar-refractivity contribution in [2.45, 2.75) is 26.4 Å². The van der Waals surface area contributed by atoms with Gasteiger partial charge in [-0.2, -0.15) is 0 Å². The van der Waals surface area contributed by atoms with E-state index in [9.17, 15) is 9.59 Å². The number of anilines is 1. The van der Waals surface area contributed by atoms with Crippen molar-refractivity contribution in [3.63, 3.8) is 0 Å².